The van der Waals surface area contributed by atoms with Gasteiger partial charge in [0, 0.05) is 18.0 Å². The molecule has 0 unspecified atom stereocenters. The molecule has 1 saturated heterocycles. The minimum absolute atomic E-state index is 0.0202. The van der Waals surface area contributed by atoms with Gasteiger partial charge in [0.2, 0.25) is 11.8 Å². The van der Waals surface area contributed by atoms with E-state index in [0.717, 1.165) is 6.42 Å². The quantitative estimate of drug-likeness (QED) is 0.268. The van der Waals surface area contributed by atoms with E-state index < -0.39 is 59.3 Å². The second-order valence-corrected chi connectivity index (χ2v) is 11.1. The molecule has 4 rings (SSSR count). The maximum atomic E-state index is 14.4. The molecule has 3 aliphatic carbocycles. The highest BCUT2D eigenvalue weighted by atomic mass is 19.1. The van der Waals surface area contributed by atoms with Gasteiger partial charge in [-0.2, -0.15) is 0 Å². The average molecular weight is 511 g/mol. The Morgan fingerprint density at radius 2 is 1.67 bits per heavy atom. The Kier molecular flexibility index (Phi) is 9.08. The first-order valence-electron chi connectivity index (χ1n) is 13.0. The van der Waals surface area contributed by atoms with E-state index in [2.05, 4.69) is 21.3 Å². The predicted molar refractivity (Wildman–Crippen MR) is 128 cm³/mol. The van der Waals surface area contributed by atoms with Crippen LogP contribution in [0.15, 0.2) is 0 Å². The number of alkyl halides is 1. The zero-order chi connectivity index (χ0) is 26.5. The van der Waals surface area contributed by atoms with Crippen LogP contribution in [0, 0.1) is 11.8 Å². The maximum Gasteiger partial charge on any atom is 0.309 e. The Balaban J connectivity index is 1.63. The Labute approximate surface area is 210 Å². The first kappa shape index (κ1) is 28.0. The number of carbonyl (C=O) groups excluding carboxylic acids is 5. The molecule has 0 radical (unpaired) electrons. The summed E-state index contributed by atoms with van der Waals surface area (Å²) in [6.45, 7) is 3.45. The molecular formula is C25H39FN4O6. The second kappa shape index (κ2) is 11.7. The van der Waals surface area contributed by atoms with Gasteiger partial charge in [-0.3, -0.25) is 24.0 Å². The molecule has 1 aliphatic heterocycles. The highest BCUT2D eigenvalue weighted by Crippen LogP contribution is 2.48. The van der Waals surface area contributed by atoms with Crippen molar-refractivity contribution in [2.45, 2.75) is 101 Å². The number of rotatable bonds is 10. The molecule has 11 heteroatoms. The number of piperidine rings is 1. The number of carbonyl (C=O) groups is 5. The molecule has 10 nitrogen and oxygen atoms in total. The summed E-state index contributed by atoms with van der Waals surface area (Å²) in [5.74, 6) is -3.83. The molecule has 0 spiro atoms. The molecule has 0 aromatic heterocycles. The van der Waals surface area contributed by atoms with Crippen LogP contribution in [0.3, 0.4) is 0 Å². The number of fused-ring (bicyclic) bond motifs is 3. The van der Waals surface area contributed by atoms with Gasteiger partial charge in [-0.15, -0.1) is 0 Å². The van der Waals surface area contributed by atoms with Crippen molar-refractivity contribution < 1.29 is 33.5 Å². The van der Waals surface area contributed by atoms with Crippen LogP contribution in [0.2, 0.25) is 0 Å². The highest BCUT2D eigenvalue weighted by Gasteiger charge is 2.50. The highest BCUT2D eigenvalue weighted by molar-refractivity contribution is 6.35. The number of Topliss-reactive ketones (excluding diaryl/α,β-unsaturated/α-hetero) is 1. The van der Waals surface area contributed by atoms with Crippen LogP contribution in [-0.2, 0) is 24.0 Å². The molecule has 1 heterocycles. The Hall–Kier alpha value is -2.56. The normalized spacial score (nSPS) is 29.1. The van der Waals surface area contributed by atoms with Crippen molar-refractivity contribution in [1.82, 2.24) is 21.3 Å². The lowest BCUT2D eigenvalue weighted by molar-refractivity contribution is -0.143. The van der Waals surface area contributed by atoms with Crippen LogP contribution < -0.4 is 21.3 Å². The third kappa shape index (κ3) is 7.02. The van der Waals surface area contributed by atoms with Gasteiger partial charge in [0.15, 0.2) is 5.78 Å². The number of amides is 4. The standard InChI is InChI=1S/C25H39FN4O6/c1-15(2)12-18(21(34)28-17(19(32)14-31)13-16-4-3-11-27-20(16)33)29-22(35)23(36)30-25-8-5-24(26,6-9-25)7-10-25/h15-18,31H,3-14H2,1-2H3,(H,27,33)(H,28,34)(H,29,35)(H,30,36)/t16-,17-,18-,24?,25?/m0/s1. The molecule has 3 saturated carbocycles. The van der Waals surface area contributed by atoms with Gasteiger partial charge in [-0.05, 0) is 70.1 Å². The summed E-state index contributed by atoms with van der Waals surface area (Å²) in [4.78, 5) is 63.1. The molecule has 0 aromatic carbocycles. The van der Waals surface area contributed by atoms with Crippen LogP contribution in [0.1, 0.15) is 78.1 Å². The zero-order valence-corrected chi connectivity index (χ0v) is 21.2. The fraction of sp³-hybridized carbons (Fsp3) is 0.800. The van der Waals surface area contributed by atoms with Crippen LogP contribution in [-0.4, -0.2) is 71.0 Å². The summed E-state index contributed by atoms with van der Waals surface area (Å²) in [5.41, 5.74) is -1.77. The zero-order valence-electron chi connectivity index (χ0n) is 21.2. The van der Waals surface area contributed by atoms with Gasteiger partial charge < -0.3 is 26.4 Å². The Bertz CT molecular complexity index is 854. The first-order chi connectivity index (χ1) is 17.0. The summed E-state index contributed by atoms with van der Waals surface area (Å²) < 4.78 is 14.4. The molecular weight excluding hydrogens is 471 g/mol. The van der Waals surface area contributed by atoms with Gasteiger partial charge >= 0.3 is 11.8 Å². The lowest BCUT2D eigenvalue weighted by atomic mass is 9.64. The van der Waals surface area contributed by atoms with Crippen molar-refractivity contribution in [3.63, 3.8) is 0 Å². The largest absolute Gasteiger partial charge is 0.389 e. The van der Waals surface area contributed by atoms with E-state index in [1.807, 2.05) is 13.8 Å². The number of hydrogen-bond donors (Lipinski definition) is 5. The van der Waals surface area contributed by atoms with Crippen LogP contribution in [0.5, 0.6) is 0 Å². The lowest BCUT2D eigenvalue weighted by Gasteiger charge is -2.49. The molecule has 36 heavy (non-hydrogen) atoms. The number of aliphatic hydroxyl groups excluding tert-OH is 1. The molecule has 4 fully saturated rings. The van der Waals surface area contributed by atoms with Crippen LogP contribution >= 0.6 is 0 Å². The first-order valence-corrected chi connectivity index (χ1v) is 13.0. The number of ketones is 1. The summed E-state index contributed by atoms with van der Waals surface area (Å²) in [6, 6.07) is -2.19. The lowest BCUT2D eigenvalue weighted by Crippen LogP contribution is -2.61. The Morgan fingerprint density at radius 1 is 1.03 bits per heavy atom. The third-order valence-electron chi connectivity index (χ3n) is 7.85. The van der Waals surface area contributed by atoms with Crippen LogP contribution in [0.4, 0.5) is 4.39 Å². The number of halogens is 1. The van der Waals surface area contributed by atoms with Gasteiger partial charge in [0.1, 0.15) is 18.3 Å². The van der Waals surface area contributed by atoms with Gasteiger partial charge in [0.05, 0.1) is 6.04 Å². The second-order valence-electron chi connectivity index (χ2n) is 11.1. The fourth-order valence-corrected chi connectivity index (χ4v) is 5.55. The molecule has 2 bridgehead atoms. The average Bonchev–Trinajstić information content (AvgIpc) is 2.84. The minimum Gasteiger partial charge on any atom is -0.389 e. The molecule has 4 aliphatic rings. The summed E-state index contributed by atoms with van der Waals surface area (Å²) >= 11 is 0. The van der Waals surface area contributed by atoms with E-state index in [9.17, 15) is 33.5 Å². The molecule has 3 atom stereocenters. The number of aliphatic hydroxyl groups is 1. The van der Waals surface area contributed by atoms with E-state index >= 15 is 0 Å². The number of nitrogens with one attached hydrogen (secondary N) is 4. The van der Waals surface area contributed by atoms with Crippen molar-refractivity contribution in [3.8, 4) is 0 Å². The fourth-order valence-electron chi connectivity index (χ4n) is 5.55. The van der Waals surface area contributed by atoms with E-state index in [1.54, 1.807) is 0 Å². The van der Waals surface area contributed by atoms with E-state index in [0.29, 0.717) is 51.5 Å². The van der Waals surface area contributed by atoms with Crippen LogP contribution in [0.25, 0.3) is 0 Å². The smallest absolute Gasteiger partial charge is 0.309 e. The van der Waals surface area contributed by atoms with Crippen molar-refractivity contribution in [3.05, 3.63) is 0 Å². The molecule has 5 N–H and O–H groups in total. The monoisotopic (exact) mass is 510 g/mol. The van der Waals surface area contributed by atoms with Gasteiger partial charge in [-0.1, -0.05) is 13.8 Å². The van der Waals surface area contributed by atoms with Crippen molar-refractivity contribution in [2.24, 2.45) is 11.8 Å². The SMILES string of the molecule is CC(C)C[C@H](NC(=O)C(=O)NC12CCC(F)(CC1)CC2)C(=O)N[C@@H](C[C@@H]1CCCNC1=O)C(=O)CO. The summed E-state index contributed by atoms with van der Waals surface area (Å²) in [7, 11) is 0. The van der Waals surface area contributed by atoms with Crippen molar-refractivity contribution >= 4 is 29.4 Å². The minimum atomic E-state index is -1.17. The van der Waals surface area contributed by atoms with Crippen molar-refractivity contribution in [2.75, 3.05) is 13.2 Å². The summed E-state index contributed by atoms with van der Waals surface area (Å²) in [5, 5.41) is 20.0. The molecule has 202 valence electrons. The number of hydrogen-bond acceptors (Lipinski definition) is 6. The maximum absolute atomic E-state index is 14.4. The van der Waals surface area contributed by atoms with E-state index in [1.165, 1.54) is 0 Å². The van der Waals surface area contributed by atoms with Gasteiger partial charge in [-0.25, -0.2) is 4.39 Å². The van der Waals surface area contributed by atoms with Gasteiger partial charge in [0.25, 0.3) is 0 Å². The molecule has 4 amide bonds. The summed E-state index contributed by atoms with van der Waals surface area (Å²) in [6.07, 6.45) is 4.04. The molecule has 0 aromatic rings. The van der Waals surface area contributed by atoms with E-state index in [4.69, 9.17) is 0 Å². The third-order valence-corrected chi connectivity index (χ3v) is 7.85. The predicted octanol–water partition coefficient (Wildman–Crippen LogP) is 0.411. The Morgan fingerprint density at radius 3 is 2.22 bits per heavy atom. The topological polar surface area (TPSA) is 154 Å². The van der Waals surface area contributed by atoms with E-state index in [-0.39, 0.29) is 24.7 Å². The van der Waals surface area contributed by atoms with Crippen molar-refractivity contribution in [1.29, 1.82) is 0 Å².